The van der Waals surface area contributed by atoms with Crippen LogP contribution in [0, 0.1) is 0 Å². The maximum Gasteiger partial charge on any atom is 0.472 e. The predicted octanol–water partition coefficient (Wildman–Crippen LogP) is 24.7. The Morgan fingerprint density at radius 2 is 0.505 bits per heavy atom. The topological polar surface area (TPSA) is 231 Å². The van der Waals surface area contributed by atoms with Crippen molar-refractivity contribution in [1.29, 1.82) is 0 Å². The number of esters is 3. The van der Waals surface area contributed by atoms with Crippen LogP contribution in [0.2, 0.25) is 0 Å². The summed E-state index contributed by atoms with van der Waals surface area (Å²) in [6, 6.07) is 0. The zero-order chi connectivity index (χ0) is 76.6. The molecule has 0 rings (SSSR count). The second kappa shape index (κ2) is 79.2. The van der Waals surface area contributed by atoms with Gasteiger partial charge in [0.05, 0.1) is 26.4 Å². The number of allylic oxidation sites excluding steroid dienone is 22. The zero-order valence-electron chi connectivity index (χ0n) is 66.1. The lowest BCUT2D eigenvalue weighted by Gasteiger charge is -2.21. The van der Waals surface area contributed by atoms with Crippen molar-refractivity contribution in [2.24, 2.45) is 0 Å². The van der Waals surface area contributed by atoms with Gasteiger partial charge in [-0.3, -0.25) is 32.5 Å². The van der Waals surface area contributed by atoms with Crippen molar-refractivity contribution in [3.8, 4) is 0 Å². The minimum atomic E-state index is -4.94. The van der Waals surface area contributed by atoms with Gasteiger partial charge in [-0.15, -0.1) is 0 Å². The largest absolute Gasteiger partial charge is 0.472 e. The van der Waals surface area contributed by atoms with Gasteiger partial charge in [-0.2, -0.15) is 0 Å². The van der Waals surface area contributed by atoms with Crippen molar-refractivity contribution < 1.29 is 75.8 Å². The molecule has 0 saturated carbocycles. The highest BCUT2D eigenvalue weighted by molar-refractivity contribution is 7.47. The summed E-state index contributed by atoms with van der Waals surface area (Å²) < 4.78 is 61.2. The van der Waals surface area contributed by atoms with Crippen LogP contribution < -0.4 is 0 Å². The fourth-order valence-corrected chi connectivity index (χ4v) is 12.7. The Hall–Kier alpha value is -4.31. The van der Waals surface area contributed by atoms with E-state index < -0.39 is 91.5 Å². The third-order valence-electron chi connectivity index (χ3n) is 17.3. The van der Waals surface area contributed by atoms with E-state index in [4.69, 9.17) is 32.3 Å². The molecule has 0 radical (unpaired) electrons. The number of carbonyl (C=O) groups excluding carboxylic acids is 3. The molecule has 0 aromatic heterocycles. The van der Waals surface area contributed by atoms with Crippen LogP contribution in [0.4, 0.5) is 0 Å². The number of unbranched alkanes of at least 4 members (excludes halogenated alkanes) is 33. The molecule has 0 aromatic carbocycles. The third kappa shape index (κ3) is 80.5. The molecule has 0 saturated heterocycles. The van der Waals surface area contributed by atoms with Crippen molar-refractivity contribution in [3.63, 3.8) is 0 Å². The molecule has 0 spiro atoms. The molecule has 18 heteroatoms. The Morgan fingerprint density at radius 3 is 0.800 bits per heavy atom. The number of rotatable bonds is 78. The first-order valence-corrected chi connectivity index (χ1v) is 44.5. The van der Waals surface area contributed by atoms with Crippen LogP contribution in [-0.2, 0) is 55.8 Å². The summed E-state index contributed by atoms with van der Waals surface area (Å²) >= 11 is 0. The van der Waals surface area contributed by atoms with Crippen LogP contribution in [0.25, 0.3) is 0 Å². The summed E-state index contributed by atoms with van der Waals surface area (Å²) in [6.45, 7) is 2.41. The molecule has 0 aliphatic rings. The number of hydrogen-bond donors (Lipinski definition) is 4. The lowest BCUT2D eigenvalue weighted by atomic mass is 10.0. The second-order valence-corrected chi connectivity index (χ2v) is 30.4. The molecule has 105 heavy (non-hydrogen) atoms. The highest BCUT2D eigenvalue weighted by Crippen LogP contribution is 2.45. The Labute approximate surface area is 639 Å². The molecule has 0 bridgehead atoms. The van der Waals surface area contributed by atoms with E-state index in [2.05, 4.69) is 154 Å². The molecule has 0 amide bonds. The third-order valence-corrected chi connectivity index (χ3v) is 19.2. The quantitative estimate of drug-likeness (QED) is 0.0146. The van der Waals surface area contributed by atoms with Gasteiger partial charge in [0, 0.05) is 19.3 Å². The van der Waals surface area contributed by atoms with Gasteiger partial charge >= 0.3 is 33.6 Å². The predicted molar refractivity (Wildman–Crippen MR) is 436 cm³/mol. The summed E-state index contributed by atoms with van der Waals surface area (Å²) in [6.07, 6.45) is 96.6. The molecule has 16 nitrogen and oxygen atoms in total. The fraction of sp³-hybridized carbons (Fsp3) is 0.713. The van der Waals surface area contributed by atoms with E-state index >= 15 is 0 Å². The lowest BCUT2D eigenvalue weighted by Crippen LogP contribution is -2.30. The molecule has 5 unspecified atom stereocenters. The Balaban J connectivity index is 4.40. The number of ether oxygens (including phenoxy) is 3. The first-order valence-electron chi connectivity index (χ1n) is 41.5. The van der Waals surface area contributed by atoms with Crippen LogP contribution in [0.15, 0.2) is 134 Å². The van der Waals surface area contributed by atoms with E-state index in [-0.39, 0.29) is 19.3 Å². The van der Waals surface area contributed by atoms with E-state index in [1.807, 2.05) is 0 Å². The molecule has 0 aromatic rings. The van der Waals surface area contributed by atoms with Crippen molar-refractivity contribution in [2.75, 3.05) is 39.6 Å². The van der Waals surface area contributed by atoms with Gasteiger partial charge in [0.15, 0.2) is 6.10 Å². The van der Waals surface area contributed by atoms with E-state index in [0.717, 1.165) is 161 Å². The van der Waals surface area contributed by atoms with Gasteiger partial charge in [-0.05, 0) is 135 Å². The molecule has 0 aliphatic heterocycles. The van der Waals surface area contributed by atoms with Crippen LogP contribution in [0.1, 0.15) is 342 Å². The van der Waals surface area contributed by atoms with Gasteiger partial charge < -0.3 is 34.2 Å². The molecule has 604 valence electrons. The normalized spacial score (nSPS) is 14.6. The van der Waals surface area contributed by atoms with Gasteiger partial charge in [0.2, 0.25) is 0 Å². The van der Waals surface area contributed by atoms with Crippen LogP contribution in [0.5, 0.6) is 0 Å². The monoisotopic (exact) mass is 1510 g/mol. The van der Waals surface area contributed by atoms with Crippen molar-refractivity contribution >= 4 is 33.6 Å². The molecule has 0 aliphatic carbocycles. The summed E-state index contributed by atoms with van der Waals surface area (Å²) in [7, 11) is -9.80. The standard InChI is InChI=1S/C87H150O16P2/c1-4-7-10-13-16-19-22-25-28-30-32-33-34-35-36-37-38-39-40-41-42-43-44-45-46-47-49-51-53-55-58-61-64-67-70-73-85(90)97-76-82(88)77-99-104(93,94)100-78-83(89)79-101-105(95,96)102-81-84(103-87(92)75-72-69-66-63-60-57-52-27-24-21-18-15-12-9-6-3)80-98-86(91)74-71-68-65-62-59-56-54-50-48-31-29-26-23-20-17-14-11-8-5-2/h7,9-10,12,16-21,25-29,32-33,35-36,48,50,52,82-84,88-89H,4-6,8,11,13-15,22-24,30-31,34,37-47,49,51,53-81H2,1-3H3,(H,93,94)(H,95,96)/b10-7-,12-9-,19-16-,20-17-,21-18-,28-25-,29-26-,33-32-,36-35-,50-48-,52-27-. The fourth-order valence-electron chi connectivity index (χ4n) is 11.1. The van der Waals surface area contributed by atoms with Gasteiger partial charge in [0.1, 0.15) is 25.4 Å². The van der Waals surface area contributed by atoms with Crippen molar-refractivity contribution in [2.45, 2.75) is 360 Å². The van der Waals surface area contributed by atoms with Crippen LogP contribution in [-0.4, -0.2) is 95.9 Å². The molecule has 5 atom stereocenters. The van der Waals surface area contributed by atoms with Gasteiger partial charge in [0.25, 0.3) is 0 Å². The average Bonchev–Trinajstić information content (AvgIpc) is 0.942. The molecule has 4 N–H and O–H groups in total. The Morgan fingerprint density at radius 1 is 0.276 bits per heavy atom. The molecular weight excluding hydrogens is 1360 g/mol. The van der Waals surface area contributed by atoms with E-state index in [9.17, 15) is 43.5 Å². The summed E-state index contributed by atoms with van der Waals surface area (Å²) in [5.74, 6) is -1.60. The van der Waals surface area contributed by atoms with E-state index in [1.165, 1.54) is 122 Å². The number of carbonyl (C=O) groups is 3. The van der Waals surface area contributed by atoms with E-state index in [0.29, 0.717) is 19.3 Å². The SMILES string of the molecule is CC/C=C\C/C=C\C/C=C\C/C=C\C/C=C\CCCCCCCCCCCCCCCCCCCCCC(=O)OCC(O)COP(=O)(O)OCC(O)COP(=O)(O)OCC(COC(=O)CCCCCCCC/C=C\C/C=C\C/C=C\CCCCC)OC(=O)CCCCCCC/C=C\C/C=C\C/C=C\CC. The second-order valence-electron chi connectivity index (χ2n) is 27.5. The number of phosphoric acid groups is 2. The molecule has 0 heterocycles. The Kier molecular flexibility index (Phi) is 76.0. The number of hydrogen-bond acceptors (Lipinski definition) is 14. The zero-order valence-corrected chi connectivity index (χ0v) is 67.9. The maximum absolute atomic E-state index is 13.0. The minimum Gasteiger partial charge on any atom is -0.463 e. The van der Waals surface area contributed by atoms with E-state index in [1.54, 1.807) is 0 Å². The number of aliphatic hydroxyl groups is 2. The number of aliphatic hydroxyl groups excluding tert-OH is 2. The highest BCUT2D eigenvalue weighted by atomic mass is 31.2. The maximum atomic E-state index is 13.0. The highest BCUT2D eigenvalue weighted by Gasteiger charge is 2.29. The summed E-state index contributed by atoms with van der Waals surface area (Å²) in [5.41, 5.74) is 0. The smallest absolute Gasteiger partial charge is 0.463 e. The summed E-state index contributed by atoms with van der Waals surface area (Å²) in [4.78, 5) is 58.7. The Bertz CT molecular complexity index is 2440. The van der Waals surface area contributed by atoms with Crippen molar-refractivity contribution in [3.05, 3.63) is 134 Å². The lowest BCUT2D eigenvalue weighted by molar-refractivity contribution is -0.161. The van der Waals surface area contributed by atoms with Gasteiger partial charge in [-0.25, -0.2) is 9.13 Å². The molecular formula is C87H150O16P2. The summed E-state index contributed by atoms with van der Waals surface area (Å²) in [5, 5.41) is 20.7. The van der Waals surface area contributed by atoms with Crippen LogP contribution >= 0.6 is 15.6 Å². The van der Waals surface area contributed by atoms with Crippen LogP contribution in [0.3, 0.4) is 0 Å². The average molecular weight is 1510 g/mol. The minimum absolute atomic E-state index is 0.0803. The number of phosphoric ester groups is 2. The van der Waals surface area contributed by atoms with Gasteiger partial charge in [-0.1, -0.05) is 321 Å². The first-order chi connectivity index (χ1) is 51.2. The van der Waals surface area contributed by atoms with Crippen molar-refractivity contribution in [1.82, 2.24) is 0 Å². The molecule has 0 fully saturated rings. The first kappa shape index (κ1) is 101.